The van der Waals surface area contributed by atoms with E-state index in [1.165, 1.54) is 27.8 Å². The van der Waals surface area contributed by atoms with Crippen molar-refractivity contribution in [3.8, 4) is 11.1 Å². The van der Waals surface area contributed by atoms with E-state index >= 15 is 0 Å². The minimum absolute atomic E-state index is 0. The van der Waals surface area contributed by atoms with E-state index in [1.807, 2.05) is 6.07 Å². The number of benzene rings is 2. The fourth-order valence-corrected chi connectivity index (χ4v) is 9.52. The van der Waals surface area contributed by atoms with E-state index in [2.05, 4.69) is 97.0 Å². The first kappa shape index (κ1) is 28.2. The van der Waals surface area contributed by atoms with E-state index in [0.717, 1.165) is 12.2 Å². The summed E-state index contributed by atoms with van der Waals surface area (Å²) in [6.45, 7) is 16.4. The van der Waals surface area contributed by atoms with Crippen molar-refractivity contribution in [3.63, 3.8) is 0 Å². The van der Waals surface area contributed by atoms with Crippen LogP contribution in [0.2, 0.25) is 0 Å². The standard InChI is InChI=1S/C21H25.C10H9O.2ClH.Zr/c1-20(2,3)16-7-9-18-14(12-16)11-15-13-17(21(4,5)6)8-10-19(15)18;1-8-4-5-9(7-8)10-3-2-6-11-10;;;/h7-10,12H,11H2,1-6H3;2-3,5-8H,1H3;2*1H;/q;;;;+2/p-2. The van der Waals surface area contributed by atoms with Crippen LogP contribution in [0.25, 0.3) is 16.7 Å². The molecule has 2 aliphatic carbocycles. The minimum atomic E-state index is -0.979. The molecule has 0 spiro atoms. The van der Waals surface area contributed by atoms with Crippen LogP contribution >= 0.6 is 0 Å². The summed E-state index contributed by atoms with van der Waals surface area (Å²) in [6, 6.07) is 16.1. The monoisotopic (exact) mass is 582 g/mol. The SMILES string of the molecule is CC1C=C(c2ccco2)C=[C]1[Zr+2][c]1c(C(C)(C)C)ccc2c1Cc1cc(C(C)(C)C)ccc1-2.[Cl-].[Cl-]. The van der Waals surface area contributed by atoms with Gasteiger partial charge < -0.3 is 24.8 Å². The molecule has 0 radical (unpaired) electrons. The molecule has 0 fully saturated rings. The van der Waals surface area contributed by atoms with Gasteiger partial charge in [0.15, 0.2) is 0 Å². The Bertz CT molecular complexity index is 1280. The fourth-order valence-electron chi connectivity index (χ4n) is 5.11. The van der Waals surface area contributed by atoms with Crippen LogP contribution in [0.3, 0.4) is 0 Å². The molecule has 0 amide bonds. The average Bonchev–Trinajstić information content (AvgIpc) is 3.45. The third-order valence-electron chi connectivity index (χ3n) is 7.06. The molecule has 1 unspecified atom stereocenters. The predicted molar refractivity (Wildman–Crippen MR) is 136 cm³/mol. The smallest absolute Gasteiger partial charge is 1.00 e. The van der Waals surface area contributed by atoms with Crippen LogP contribution in [-0.4, -0.2) is 0 Å². The summed E-state index contributed by atoms with van der Waals surface area (Å²) in [5, 5.41) is 0. The van der Waals surface area contributed by atoms with Crippen molar-refractivity contribution in [1.29, 1.82) is 0 Å². The van der Waals surface area contributed by atoms with Gasteiger partial charge in [-0.05, 0) is 0 Å². The van der Waals surface area contributed by atoms with Crippen LogP contribution in [0.5, 0.6) is 0 Å². The summed E-state index contributed by atoms with van der Waals surface area (Å²) in [4.78, 5) is 0. The first-order valence-corrected chi connectivity index (χ1v) is 14.5. The largest absolute Gasteiger partial charge is 1.00 e. The zero-order chi connectivity index (χ0) is 23.5. The van der Waals surface area contributed by atoms with Crippen molar-refractivity contribution in [2.75, 3.05) is 0 Å². The first-order valence-electron chi connectivity index (χ1n) is 12.1. The Morgan fingerprint density at radius 2 is 1.60 bits per heavy atom. The van der Waals surface area contributed by atoms with Gasteiger partial charge in [-0.15, -0.1) is 0 Å². The maximum Gasteiger partial charge on any atom is -1.00 e. The number of hydrogen-bond acceptors (Lipinski definition) is 1. The van der Waals surface area contributed by atoms with Gasteiger partial charge in [0.05, 0.1) is 0 Å². The number of rotatable bonds is 3. The Labute approximate surface area is 234 Å². The molecule has 0 aliphatic heterocycles. The molecule has 2 aliphatic rings. The van der Waals surface area contributed by atoms with Gasteiger partial charge in [0.1, 0.15) is 0 Å². The van der Waals surface area contributed by atoms with Crippen LogP contribution in [0.1, 0.15) is 76.5 Å². The molecule has 0 saturated carbocycles. The van der Waals surface area contributed by atoms with Crippen molar-refractivity contribution in [2.24, 2.45) is 5.92 Å². The van der Waals surface area contributed by atoms with E-state index in [-0.39, 0.29) is 35.6 Å². The van der Waals surface area contributed by atoms with E-state index in [0.29, 0.717) is 5.92 Å². The van der Waals surface area contributed by atoms with Gasteiger partial charge in [-0.3, -0.25) is 0 Å². The molecule has 5 rings (SSSR count). The Hall–Kier alpha value is -1.34. The molecule has 1 aromatic heterocycles. The molecule has 0 saturated heterocycles. The molecule has 4 heteroatoms. The average molecular weight is 585 g/mol. The quantitative estimate of drug-likeness (QED) is 0.358. The molecule has 2 aromatic carbocycles. The van der Waals surface area contributed by atoms with Crippen molar-refractivity contribution >= 4 is 8.84 Å². The minimum Gasteiger partial charge on any atom is -1.00 e. The molecule has 1 atom stereocenters. The van der Waals surface area contributed by atoms with Gasteiger partial charge in [0.25, 0.3) is 0 Å². The van der Waals surface area contributed by atoms with Crippen molar-refractivity contribution in [3.05, 3.63) is 92.2 Å². The Morgan fingerprint density at radius 1 is 0.886 bits per heavy atom. The number of furan rings is 1. The van der Waals surface area contributed by atoms with Crippen LogP contribution < -0.4 is 28.1 Å². The maximum atomic E-state index is 5.70. The van der Waals surface area contributed by atoms with E-state index in [9.17, 15) is 0 Å². The number of hydrogen-bond donors (Lipinski definition) is 0. The maximum absolute atomic E-state index is 5.70. The van der Waals surface area contributed by atoms with Crippen LogP contribution in [-0.2, 0) is 40.5 Å². The van der Waals surface area contributed by atoms with Crippen molar-refractivity contribution < 1.29 is 52.5 Å². The molecule has 182 valence electrons. The normalized spacial score (nSPS) is 16.4. The van der Waals surface area contributed by atoms with Crippen molar-refractivity contribution in [1.82, 2.24) is 0 Å². The molecular formula is C31H34Cl2OZr. The van der Waals surface area contributed by atoms with Gasteiger partial charge in [-0.25, -0.2) is 0 Å². The van der Waals surface area contributed by atoms with Crippen molar-refractivity contribution in [2.45, 2.75) is 65.7 Å². The second-order valence-corrected chi connectivity index (χ2v) is 14.9. The molecule has 0 N–H and O–H groups in total. The van der Waals surface area contributed by atoms with Gasteiger partial charge in [-0.1, -0.05) is 0 Å². The van der Waals surface area contributed by atoms with E-state index in [1.54, 1.807) is 23.9 Å². The second-order valence-electron chi connectivity index (χ2n) is 11.7. The zero-order valence-corrected chi connectivity index (χ0v) is 25.7. The third kappa shape index (κ3) is 5.36. The summed E-state index contributed by atoms with van der Waals surface area (Å²) < 4.78 is 9.05. The summed E-state index contributed by atoms with van der Waals surface area (Å²) >= 11 is -0.979. The number of allylic oxidation sites excluding steroid dienone is 4. The summed E-state index contributed by atoms with van der Waals surface area (Å²) in [5.41, 5.74) is 10.6. The Morgan fingerprint density at radius 3 is 2.23 bits per heavy atom. The fraction of sp³-hybridized carbons (Fsp3) is 0.355. The van der Waals surface area contributed by atoms with Crippen LogP contribution in [0.4, 0.5) is 0 Å². The predicted octanol–water partition coefficient (Wildman–Crippen LogP) is 1.78. The summed E-state index contributed by atoms with van der Waals surface area (Å²) in [7, 11) is 0. The molecule has 1 heterocycles. The zero-order valence-electron chi connectivity index (χ0n) is 21.7. The Balaban J connectivity index is 0.00000171. The first-order chi connectivity index (χ1) is 15.5. The van der Waals surface area contributed by atoms with Gasteiger partial charge in [-0.2, -0.15) is 0 Å². The second kappa shape index (κ2) is 10.2. The van der Waals surface area contributed by atoms with Crippen LogP contribution in [0.15, 0.2) is 68.6 Å². The van der Waals surface area contributed by atoms with Gasteiger partial charge in [0.2, 0.25) is 0 Å². The molecule has 3 aromatic rings. The topological polar surface area (TPSA) is 13.1 Å². The summed E-state index contributed by atoms with van der Waals surface area (Å²) in [6.07, 6.45) is 7.67. The number of fused-ring (bicyclic) bond motifs is 3. The molecule has 0 bridgehead atoms. The van der Waals surface area contributed by atoms with Gasteiger partial charge >= 0.3 is 211 Å². The molecule has 1 nitrogen and oxygen atoms in total. The van der Waals surface area contributed by atoms with E-state index < -0.39 is 23.2 Å². The Kier molecular flexibility index (Phi) is 8.23. The van der Waals surface area contributed by atoms with E-state index in [4.69, 9.17) is 4.42 Å². The van der Waals surface area contributed by atoms with Gasteiger partial charge in [0, 0.05) is 0 Å². The number of halogens is 2. The summed E-state index contributed by atoms with van der Waals surface area (Å²) in [5.74, 6) is 1.49. The van der Waals surface area contributed by atoms with Crippen LogP contribution in [0, 0.1) is 5.92 Å². The third-order valence-corrected chi connectivity index (χ3v) is 11.3. The molecular weight excluding hydrogens is 550 g/mol. The molecule has 35 heavy (non-hydrogen) atoms.